The maximum Gasteiger partial charge on any atom is 0.422 e. The Hall–Kier alpha value is -6.35. The van der Waals surface area contributed by atoms with Crippen molar-refractivity contribution in [3.05, 3.63) is 120 Å². The molecule has 0 atom stereocenters. The summed E-state index contributed by atoms with van der Waals surface area (Å²) in [4.78, 5) is 0. The van der Waals surface area contributed by atoms with Crippen molar-refractivity contribution in [2.45, 2.75) is 18.5 Å². The molecule has 0 radical (unpaired) electrons. The molecule has 4 rings (SSSR count). The summed E-state index contributed by atoms with van der Waals surface area (Å²) in [5.74, 6) is -24.9. The van der Waals surface area contributed by atoms with E-state index in [1.807, 2.05) is 0 Å². The molecule has 0 saturated heterocycles. The van der Waals surface area contributed by atoms with Gasteiger partial charge in [-0.05, 0) is 17.7 Å². The third kappa shape index (κ3) is 6.04. The highest BCUT2D eigenvalue weighted by Crippen LogP contribution is 2.57. The average molecular weight is 754 g/mol. The van der Waals surface area contributed by atoms with E-state index in [0.717, 1.165) is 24.3 Å². The van der Waals surface area contributed by atoms with Gasteiger partial charge in [0.05, 0.1) is 45.0 Å². The van der Waals surface area contributed by atoms with Crippen LogP contribution >= 0.6 is 0 Å². The Bertz CT molecular complexity index is 2210. The van der Waals surface area contributed by atoms with Gasteiger partial charge in [0.25, 0.3) is 0 Å². The third-order valence-electron chi connectivity index (χ3n) is 7.10. The lowest BCUT2D eigenvalue weighted by Crippen LogP contribution is -2.17. The van der Waals surface area contributed by atoms with Gasteiger partial charge in [0.15, 0.2) is 46.5 Å². The molecule has 0 unspecified atom stereocenters. The van der Waals surface area contributed by atoms with Gasteiger partial charge in [-0.2, -0.15) is 60.6 Å². The van der Waals surface area contributed by atoms with Crippen LogP contribution in [0.4, 0.5) is 74.6 Å². The molecule has 1 aliphatic rings. The zero-order chi connectivity index (χ0) is 39.6. The summed E-state index contributed by atoms with van der Waals surface area (Å²) in [6.07, 6.45) is -17.7. The highest BCUT2D eigenvalue weighted by Gasteiger charge is 2.49. The molecule has 1 aliphatic carbocycles. The minimum atomic E-state index is -6.15. The highest BCUT2D eigenvalue weighted by atomic mass is 19.4. The van der Waals surface area contributed by atoms with Crippen molar-refractivity contribution in [1.82, 2.24) is 0 Å². The van der Waals surface area contributed by atoms with Crippen LogP contribution in [0, 0.1) is 91.9 Å². The van der Waals surface area contributed by atoms with Gasteiger partial charge in [-0.15, -0.1) is 0 Å². The van der Waals surface area contributed by atoms with E-state index in [9.17, 15) is 72.9 Å². The van der Waals surface area contributed by atoms with Gasteiger partial charge in [0, 0.05) is 16.7 Å². The van der Waals surface area contributed by atoms with E-state index in [2.05, 4.69) is 0 Å². The number of hydrogen-bond donors (Lipinski definition) is 0. The van der Waals surface area contributed by atoms with Crippen molar-refractivity contribution in [1.29, 1.82) is 21.0 Å². The molecule has 0 spiro atoms. The summed E-state index contributed by atoms with van der Waals surface area (Å²) in [6.45, 7) is 0. The van der Waals surface area contributed by atoms with Crippen molar-refractivity contribution in [3.63, 3.8) is 0 Å². The molecule has 266 valence electrons. The maximum atomic E-state index is 15.1. The first-order valence-electron chi connectivity index (χ1n) is 12.8. The zero-order valence-corrected chi connectivity index (χ0v) is 23.9. The van der Waals surface area contributed by atoms with Gasteiger partial charge in [-0.1, -0.05) is 6.07 Å². The Kier molecular flexibility index (Phi) is 9.44. The Morgan fingerprint density at radius 3 is 1.04 bits per heavy atom. The Labute approximate surface area is 276 Å². The number of allylic oxidation sites excluding steroid dienone is 6. The molecule has 52 heavy (non-hydrogen) atoms. The van der Waals surface area contributed by atoms with Crippen molar-refractivity contribution < 1.29 is 74.6 Å². The van der Waals surface area contributed by atoms with Gasteiger partial charge in [0.2, 0.25) is 0 Å². The topological polar surface area (TPSA) is 95.2 Å². The first kappa shape index (κ1) is 38.5. The van der Waals surface area contributed by atoms with Crippen molar-refractivity contribution in [2.24, 2.45) is 0 Å². The molecule has 3 aromatic rings. The fourth-order valence-corrected chi connectivity index (χ4v) is 4.91. The Morgan fingerprint density at radius 1 is 0.442 bits per heavy atom. The number of nitrogens with zero attached hydrogens (tertiary/aromatic N) is 4. The van der Waals surface area contributed by atoms with Crippen LogP contribution in [0.1, 0.15) is 38.9 Å². The predicted octanol–water partition coefficient (Wildman–Crippen LogP) is 9.97. The van der Waals surface area contributed by atoms with E-state index in [1.165, 1.54) is 0 Å². The normalized spacial score (nSPS) is 16.0. The molecule has 0 amide bonds. The lowest BCUT2D eigenvalue weighted by Gasteiger charge is -2.14. The second-order valence-corrected chi connectivity index (χ2v) is 9.96. The molecule has 1 fully saturated rings. The average Bonchev–Trinajstić information content (AvgIpc) is 3.75. The van der Waals surface area contributed by atoms with E-state index in [-0.39, 0.29) is 6.07 Å². The van der Waals surface area contributed by atoms with Gasteiger partial charge in [-0.25, -0.2) is 35.1 Å². The summed E-state index contributed by atoms with van der Waals surface area (Å²) >= 11 is 0. The molecule has 1 saturated carbocycles. The molecule has 0 heterocycles. The molecule has 0 N–H and O–H groups in total. The molecular weight excluding hydrogens is 751 g/mol. The zero-order valence-electron chi connectivity index (χ0n) is 23.9. The minimum Gasteiger partial charge on any atom is -0.203 e. The lowest BCUT2D eigenvalue weighted by atomic mass is 9.97. The summed E-state index contributed by atoms with van der Waals surface area (Å²) in [7, 11) is 0. The van der Waals surface area contributed by atoms with E-state index >= 15 is 17.6 Å². The SMILES string of the molecule is N#CC(=C1C(=C(\C#N)c2ccc(C#N)c(C(F)(F)F)c2)/C1=C(\C#N)c1c(F)c(F)c(C(F)(F)F)c(F)c1F)c1c(F)c(F)c(C(F)(F)F)c(F)c1F. The van der Waals surface area contributed by atoms with Crippen LogP contribution in [0.15, 0.2) is 34.9 Å². The minimum absolute atomic E-state index is 0.0209. The quantitative estimate of drug-likeness (QED) is 0.151. The smallest absolute Gasteiger partial charge is 0.203 e. The first-order chi connectivity index (χ1) is 23.9. The number of hydrogen-bond acceptors (Lipinski definition) is 4. The molecule has 3 aromatic carbocycles. The van der Waals surface area contributed by atoms with E-state index < -0.39 is 137 Å². The van der Waals surface area contributed by atoms with E-state index in [4.69, 9.17) is 5.26 Å². The molecule has 0 aromatic heterocycles. The molecule has 4 nitrogen and oxygen atoms in total. The number of alkyl halides is 9. The summed E-state index contributed by atoms with van der Waals surface area (Å²) in [6, 6.07) is 4.88. The maximum absolute atomic E-state index is 15.1. The number of halogens is 17. The van der Waals surface area contributed by atoms with E-state index in [0.29, 0.717) is 12.1 Å². The standard InChI is InChI=1S/C31H3F17N4/c32-21-17(22(33)26(37)19(25(21)36)30(43,44)45)11(6-51)15-14(10(5-50)8-1-2-9(4-49)13(3-8)29(40,41)42)16(15)12(7-52)18-23(34)27(38)20(31(46,47)48)28(39)24(18)35/h1-3H/b14-10-,15-11?,16-12-. The van der Waals surface area contributed by atoms with Gasteiger partial charge < -0.3 is 0 Å². The third-order valence-corrected chi connectivity index (χ3v) is 7.10. The summed E-state index contributed by atoms with van der Waals surface area (Å²) < 4.78 is 239. The second-order valence-electron chi connectivity index (χ2n) is 9.96. The van der Waals surface area contributed by atoms with Crippen LogP contribution in [0.2, 0.25) is 0 Å². The largest absolute Gasteiger partial charge is 0.422 e. The summed E-state index contributed by atoms with van der Waals surface area (Å²) in [5, 5.41) is 38.5. The Morgan fingerprint density at radius 2 is 0.769 bits per heavy atom. The van der Waals surface area contributed by atoms with Gasteiger partial charge in [-0.3, -0.25) is 0 Å². The summed E-state index contributed by atoms with van der Waals surface area (Å²) in [5.41, 5.74) is -24.7. The van der Waals surface area contributed by atoms with Crippen LogP contribution in [0.3, 0.4) is 0 Å². The van der Waals surface area contributed by atoms with E-state index in [1.54, 1.807) is 0 Å². The fourth-order valence-electron chi connectivity index (χ4n) is 4.91. The molecule has 0 aliphatic heterocycles. The van der Waals surface area contributed by atoms with Gasteiger partial charge >= 0.3 is 18.5 Å². The van der Waals surface area contributed by atoms with Crippen molar-refractivity contribution in [2.75, 3.05) is 0 Å². The fraction of sp³-hybridized carbons (Fsp3) is 0.0968. The van der Waals surface area contributed by atoms with Crippen molar-refractivity contribution >= 4 is 16.7 Å². The van der Waals surface area contributed by atoms with Crippen LogP contribution in [-0.4, -0.2) is 0 Å². The Balaban J connectivity index is 2.32. The van der Waals surface area contributed by atoms with Crippen LogP contribution in [0.5, 0.6) is 0 Å². The second kappa shape index (κ2) is 12.8. The monoisotopic (exact) mass is 754 g/mol. The highest BCUT2D eigenvalue weighted by molar-refractivity contribution is 6.12. The molecular formula is C31H3F17N4. The number of nitriles is 4. The number of benzene rings is 3. The predicted molar refractivity (Wildman–Crippen MR) is 136 cm³/mol. The molecule has 0 bridgehead atoms. The number of rotatable bonds is 3. The molecule has 21 heteroatoms. The van der Waals surface area contributed by atoms with Gasteiger partial charge in [0.1, 0.15) is 29.3 Å². The van der Waals surface area contributed by atoms with Crippen LogP contribution in [-0.2, 0) is 18.5 Å². The van der Waals surface area contributed by atoms with Crippen molar-refractivity contribution in [3.8, 4) is 24.3 Å². The van der Waals surface area contributed by atoms with Crippen LogP contribution < -0.4 is 0 Å². The lowest BCUT2D eigenvalue weighted by molar-refractivity contribution is -0.144. The van der Waals surface area contributed by atoms with Crippen LogP contribution in [0.25, 0.3) is 16.7 Å². The first-order valence-corrected chi connectivity index (χ1v) is 12.8.